The van der Waals surface area contributed by atoms with Crippen LogP contribution >= 0.6 is 0 Å². The molecule has 0 atom stereocenters. The van der Waals surface area contributed by atoms with E-state index in [0.717, 1.165) is 41.0 Å². The van der Waals surface area contributed by atoms with E-state index in [4.69, 9.17) is 0 Å². The van der Waals surface area contributed by atoms with Crippen LogP contribution < -0.4 is 5.32 Å². The lowest BCUT2D eigenvalue weighted by molar-refractivity contribution is -0.138. The summed E-state index contributed by atoms with van der Waals surface area (Å²) >= 11 is 0. The Morgan fingerprint density at radius 1 is 1.09 bits per heavy atom. The third-order valence-corrected chi connectivity index (χ3v) is 5.54. The summed E-state index contributed by atoms with van der Waals surface area (Å²) in [4.78, 5) is 12.6. The second kappa shape index (κ2) is 9.41. The molecule has 0 aliphatic carbocycles. The molecule has 2 aromatic heterocycles. The van der Waals surface area contributed by atoms with Gasteiger partial charge in [0.25, 0.3) is 0 Å². The zero-order valence-electron chi connectivity index (χ0n) is 19.8. The number of alkyl halides is 3. The zero-order valence-corrected chi connectivity index (χ0v) is 19.8. The van der Waals surface area contributed by atoms with Crippen LogP contribution in [-0.4, -0.2) is 25.5 Å². The van der Waals surface area contributed by atoms with Crippen molar-refractivity contribution in [1.82, 2.24) is 24.9 Å². The Morgan fingerprint density at radius 2 is 1.79 bits per heavy atom. The molecule has 2 heterocycles. The molecule has 0 fully saturated rings. The molecule has 0 aliphatic heterocycles. The number of carbonyl (C=O) groups is 1. The summed E-state index contributed by atoms with van der Waals surface area (Å²) in [6, 6.07) is 5.85. The molecule has 3 rings (SSSR count). The van der Waals surface area contributed by atoms with E-state index in [1.54, 1.807) is 26.0 Å². The quantitative estimate of drug-likeness (QED) is 0.548. The number of nitrogens with zero attached hydrogens (tertiary/aromatic N) is 4. The highest BCUT2D eigenvalue weighted by molar-refractivity contribution is 5.79. The smallest absolute Gasteiger partial charge is 0.352 e. The number of rotatable bonds is 7. The third kappa shape index (κ3) is 5.64. The van der Waals surface area contributed by atoms with E-state index < -0.39 is 11.7 Å². The fraction of sp³-hybridized carbons (Fsp3) is 0.458. The lowest BCUT2D eigenvalue weighted by Gasteiger charge is -2.16. The van der Waals surface area contributed by atoms with E-state index in [-0.39, 0.29) is 24.4 Å². The van der Waals surface area contributed by atoms with Gasteiger partial charge in [-0.3, -0.25) is 9.48 Å². The molecule has 0 aliphatic rings. The molecule has 0 bridgehead atoms. The van der Waals surface area contributed by atoms with Crippen LogP contribution in [0.5, 0.6) is 0 Å². The predicted octanol–water partition coefficient (Wildman–Crippen LogP) is 4.84. The van der Waals surface area contributed by atoms with Gasteiger partial charge in [0.2, 0.25) is 5.91 Å². The average Bonchev–Trinajstić information content (AvgIpc) is 3.17. The Balaban J connectivity index is 1.78. The highest BCUT2D eigenvalue weighted by Gasteiger charge is 2.34. The van der Waals surface area contributed by atoms with Crippen molar-refractivity contribution >= 4 is 5.91 Å². The lowest BCUT2D eigenvalue weighted by Crippen LogP contribution is -2.26. The minimum atomic E-state index is -4.56. The molecule has 9 heteroatoms. The maximum atomic E-state index is 13.8. The van der Waals surface area contributed by atoms with Gasteiger partial charge in [-0.2, -0.15) is 23.4 Å². The van der Waals surface area contributed by atoms with Crippen LogP contribution in [0.2, 0.25) is 0 Å². The molecular formula is C24H30F3N5O. The van der Waals surface area contributed by atoms with E-state index >= 15 is 0 Å². The van der Waals surface area contributed by atoms with Gasteiger partial charge < -0.3 is 5.32 Å². The summed E-state index contributed by atoms with van der Waals surface area (Å²) < 4.78 is 44.7. The van der Waals surface area contributed by atoms with Crippen LogP contribution in [0, 0.1) is 33.6 Å². The average molecular weight is 462 g/mol. The first kappa shape index (κ1) is 24.5. The molecule has 3 aromatic rings. The molecule has 1 aromatic carbocycles. The lowest BCUT2D eigenvalue weighted by atomic mass is 10.1. The number of hydrogen-bond acceptors (Lipinski definition) is 3. The summed E-state index contributed by atoms with van der Waals surface area (Å²) in [6.45, 7) is 12.0. The van der Waals surface area contributed by atoms with Gasteiger partial charge in [-0.05, 0) is 57.4 Å². The zero-order chi connectivity index (χ0) is 24.5. The van der Waals surface area contributed by atoms with Gasteiger partial charge in [0, 0.05) is 30.0 Å². The molecular weight excluding hydrogens is 431 g/mol. The van der Waals surface area contributed by atoms with Crippen molar-refractivity contribution in [3.63, 3.8) is 0 Å². The Bertz CT molecular complexity index is 1160. The van der Waals surface area contributed by atoms with Gasteiger partial charge in [0.15, 0.2) is 0 Å². The number of aromatic nitrogens is 4. The highest BCUT2D eigenvalue weighted by atomic mass is 19.4. The fourth-order valence-electron chi connectivity index (χ4n) is 3.93. The summed E-state index contributed by atoms with van der Waals surface area (Å²) in [5.74, 6) is 0.0592. The van der Waals surface area contributed by atoms with Crippen LogP contribution in [-0.2, 0) is 30.5 Å². The molecule has 0 unspecified atom stereocenters. The maximum Gasteiger partial charge on any atom is 0.416 e. The van der Waals surface area contributed by atoms with Crippen molar-refractivity contribution in [1.29, 1.82) is 0 Å². The maximum absolute atomic E-state index is 13.8. The number of hydrogen-bond donors (Lipinski definition) is 1. The van der Waals surface area contributed by atoms with E-state index in [1.165, 1.54) is 10.7 Å². The standard InChI is InChI=1S/C24H30F3N5O/c1-14(2)13-31-18(6)21(17(5)30-31)11-23(33)28-12-19-7-8-20(10-22(19)24(25,26)27)32-16(4)9-15(3)29-32/h7-10,14H,11-13H2,1-6H3,(H,28,33). The Kier molecular flexibility index (Phi) is 7.00. The van der Waals surface area contributed by atoms with Gasteiger partial charge in [-0.25, -0.2) is 4.68 Å². The number of nitrogens with one attached hydrogen (secondary N) is 1. The third-order valence-electron chi connectivity index (χ3n) is 5.54. The van der Waals surface area contributed by atoms with Crippen molar-refractivity contribution in [2.24, 2.45) is 5.92 Å². The van der Waals surface area contributed by atoms with E-state index in [1.807, 2.05) is 18.5 Å². The first-order chi connectivity index (χ1) is 15.4. The number of aryl methyl sites for hydroxylation is 3. The molecule has 178 valence electrons. The van der Waals surface area contributed by atoms with Gasteiger partial charge in [-0.15, -0.1) is 0 Å². The van der Waals surface area contributed by atoms with Crippen LogP contribution in [0.3, 0.4) is 0 Å². The second-order valence-electron chi connectivity index (χ2n) is 8.86. The van der Waals surface area contributed by atoms with Crippen molar-refractivity contribution in [3.8, 4) is 5.69 Å². The topological polar surface area (TPSA) is 64.7 Å². The first-order valence-corrected chi connectivity index (χ1v) is 10.9. The van der Waals surface area contributed by atoms with E-state index in [9.17, 15) is 18.0 Å². The highest BCUT2D eigenvalue weighted by Crippen LogP contribution is 2.33. The van der Waals surface area contributed by atoms with Gasteiger partial charge in [0.1, 0.15) is 0 Å². The minimum Gasteiger partial charge on any atom is -0.352 e. The van der Waals surface area contributed by atoms with Gasteiger partial charge >= 0.3 is 6.18 Å². The SMILES string of the molecule is Cc1cc(C)n(-c2ccc(CNC(=O)Cc3c(C)nn(CC(C)C)c3C)c(C(F)(F)F)c2)n1. The molecule has 0 saturated heterocycles. The summed E-state index contributed by atoms with van der Waals surface area (Å²) in [6.07, 6.45) is -4.49. The Morgan fingerprint density at radius 3 is 2.36 bits per heavy atom. The monoisotopic (exact) mass is 461 g/mol. The molecule has 6 nitrogen and oxygen atoms in total. The van der Waals surface area contributed by atoms with E-state index in [2.05, 4.69) is 29.4 Å². The van der Waals surface area contributed by atoms with Gasteiger partial charge in [0.05, 0.1) is 29.1 Å². The van der Waals surface area contributed by atoms with E-state index in [0.29, 0.717) is 11.6 Å². The second-order valence-corrected chi connectivity index (χ2v) is 8.86. The fourth-order valence-corrected chi connectivity index (χ4v) is 3.93. The van der Waals surface area contributed by atoms with Gasteiger partial charge in [-0.1, -0.05) is 19.9 Å². The number of benzene rings is 1. The summed E-state index contributed by atoms with van der Waals surface area (Å²) in [5, 5.41) is 11.4. The number of halogens is 3. The summed E-state index contributed by atoms with van der Waals surface area (Å²) in [5.41, 5.74) is 3.48. The van der Waals surface area contributed by atoms with Crippen molar-refractivity contribution in [2.75, 3.05) is 0 Å². The normalized spacial score (nSPS) is 11.9. The molecule has 1 amide bonds. The number of carbonyl (C=O) groups excluding carboxylic acids is 1. The Hall–Kier alpha value is -3.10. The van der Waals surface area contributed by atoms with Crippen molar-refractivity contribution in [2.45, 2.75) is 67.2 Å². The number of amides is 1. The molecule has 0 saturated carbocycles. The van der Waals surface area contributed by atoms with Crippen molar-refractivity contribution in [3.05, 3.63) is 63.7 Å². The van der Waals surface area contributed by atoms with Crippen LogP contribution in [0.1, 0.15) is 53.3 Å². The molecule has 1 N–H and O–H groups in total. The van der Waals surface area contributed by atoms with Crippen LogP contribution in [0.25, 0.3) is 5.69 Å². The van der Waals surface area contributed by atoms with Crippen LogP contribution in [0.4, 0.5) is 13.2 Å². The van der Waals surface area contributed by atoms with Crippen LogP contribution in [0.15, 0.2) is 24.3 Å². The Labute approximate surface area is 191 Å². The summed E-state index contributed by atoms with van der Waals surface area (Å²) in [7, 11) is 0. The first-order valence-electron chi connectivity index (χ1n) is 10.9. The largest absolute Gasteiger partial charge is 0.416 e. The molecule has 0 radical (unpaired) electrons. The minimum absolute atomic E-state index is 0.00470. The van der Waals surface area contributed by atoms with Crippen molar-refractivity contribution < 1.29 is 18.0 Å². The molecule has 0 spiro atoms. The molecule has 33 heavy (non-hydrogen) atoms. The predicted molar refractivity (Wildman–Crippen MR) is 120 cm³/mol.